The van der Waals surface area contributed by atoms with Gasteiger partial charge in [-0.15, -0.1) is 0 Å². The van der Waals surface area contributed by atoms with Crippen LogP contribution in [-0.2, 0) is 4.84 Å². The summed E-state index contributed by atoms with van der Waals surface area (Å²) >= 11 is 0. The Morgan fingerprint density at radius 2 is 2.23 bits per heavy atom. The van der Waals surface area contributed by atoms with Crippen LogP contribution in [0.25, 0.3) is 0 Å². The molecular weight excluding hydrogens is 172 g/mol. The van der Waals surface area contributed by atoms with Gasteiger partial charge in [-0.3, -0.25) is 0 Å². The summed E-state index contributed by atoms with van der Waals surface area (Å²) in [7, 11) is 0. The maximum Gasteiger partial charge on any atom is 0.384 e. The van der Waals surface area contributed by atoms with E-state index in [0.29, 0.717) is 0 Å². The van der Waals surface area contributed by atoms with Crippen LogP contribution in [0.15, 0.2) is 29.6 Å². The number of nitrogens with zero attached hydrogens (tertiary/aromatic N) is 2. The van der Waals surface area contributed by atoms with Crippen LogP contribution in [0.3, 0.4) is 0 Å². The third-order valence-electron chi connectivity index (χ3n) is 1.11. The van der Waals surface area contributed by atoms with Crippen LogP contribution in [-0.4, -0.2) is 16.9 Å². The number of rotatable bonds is 2. The Balaban J connectivity index is 2.65. The van der Waals surface area contributed by atoms with Gasteiger partial charge in [-0.2, -0.15) is 0 Å². The second kappa shape index (κ2) is 4.05. The number of aromatic nitrogens is 1. The predicted octanol–water partition coefficient (Wildman–Crippen LogP) is -0.573. The van der Waals surface area contributed by atoms with Gasteiger partial charge in [0.15, 0.2) is 5.69 Å². The molecule has 0 unspecified atom stereocenters. The number of hydrogen-bond donors (Lipinski definition) is 2. The smallest absolute Gasteiger partial charge is 0.367 e. The number of carbonyl (C=O) groups is 1. The van der Waals surface area contributed by atoms with E-state index in [1.807, 2.05) is 0 Å². The highest BCUT2D eigenvalue weighted by Gasteiger charge is 2.06. The Labute approximate surface area is 74.2 Å². The van der Waals surface area contributed by atoms with E-state index in [2.05, 4.69) is 15.0 Å². The van der Waals surface area contributed by atoms with Crippen molar-refractivity contribution in [2.24, 2.45) is 16.6 Å². The number of oxime groups is 1. The zero-order valence-electron chi connectivity index (χ0n) is 6.68. The molecule has 0 spiro atoms. The third-order valence-corrected chi connectivity index (χ3v) is 1.11. The molecule has 1 aromatic heterocycles. The quantitative estimate of drug-likeness (QED) is 0.274. The number of nitrogens with two attached hydrogens (primary N) is 2. The molecule has 6 heteroatoms. The van der Waals surface area contributed by atoms with Crippen molar-refractivity contribution in [1.82, 2.24) is 4.98 Å². The van der Waals surface area contributed by atoms with Gasteiger partial charge in [-0.1, -0.05) is 6.07 Å². The van der Waals surface area contributed by atoms with E-state index >= 15 is 0 Å². The summed E-state index contributed by atoms with van der Waals surface area (Å²) in [5.41, 5.74) is 10.0. The van der Waals surface area contributed by atoms with Crippen LogP contribution in [0.2, 0.25) is 0 Å². The zero-order chi connectivity index (χ0) is 9.68. The van der Waals surface area contributed by atoms with Gasteiger partial charge in [0.1, 0.15) is 0 Å². The standard InChI is InChI=1S/C7H8N4O2/c8-7(9)11-13-6(12)5-3-1-2-4-10-5/h1-4H,(H4,8,9,11). The fourth-order valence-electron chi connectivity index (χ4n) is 0.624. The lowest BCUT2D eigenvalue weighted by Crippen LogP contribution is -2.23. The van der Waals surface area contributed by atoms with E-state index < -0.39 is 5.97 Å². The van der Waals surface area contributed by atoms with Crippen molar-refractivity contribution in [3.63, 3.8) is 0 Å². The minimum Gasteiger partial charge on any atom is -0.367 e. The van der Waals surface area contributed by atoms with E-state index in [9.17, 15) is 4.79 Å². The minimum absolute atomic E-state index is 0.146. The van der Waals surface area contributed by atoms with Gasteiger partial charge in [-0.25, -0.2) is 9.78 Å². The van der Waals surface area contributed by atoms with Gasteiger partial charge in [-0.05, 0) is 17.3 Å². The van der Waals surface area contributed by atoms with E-state index in [-0.39, 0.29) is 11.7 Å². The first-order chi connectivity index (χ1) is 6.20. The molecule has 6 nitrogen and oxygen atoms in total. The van der Waals surface area contributed by atoms with Crippen molar-refractivity contribution in [3.8, 4) is 0 Å². The molecule has 1 aromatic rings. The Morgan fingerprint density at radius 3 is 2.77 bits per heavy atom. The maximum absolute atomic E-state index is 11.0. The molecule has 1 heterocycles. The lowest BCUT2D eigenvalue weighted by molar-refractivity contribution is 0.0508. The molecule has 0 saturated carbocycles. The highest BCUT2D eigenvalue weighted by molar-refractivity contribution is 5.87. The normalized spacial score (nSPS) is 8.92. The summed E-state index contributed by atoms with van der Waals surface area (Å²) in [6.45, 7) is 0. The van der Waals surface area contributed by atoms with E-state index in [4.69, 9.17) is 11.5 Å². The maximum atomic E-state index is 11.0. The molecule has 0 saturated heterocycles. The van der Waals surface area contributed by atoms with Gasteiger partial charge in [0.25, 0.3) is 0 Å². The third kappa shape index (κ3) is 2.78. The molecular formula is C7H8N4O2. The number of hydrogen-bond acceptors (Lipinski definition) is 4. The van der Waals surface area contributed by atoms with Crippen molar-refractivity contribution >= 4 is 11.9 Å². The Morgan fingerprint density at radius 1 is 1.46 bits per heavy atom. The summed E-state index contributed by atoms with van der Waals surface area (Å²) in [6.07, 6.45) is 1.46. The molecule has 0 bridgehead atoms. The highest BCUT2D eigenvalue weighted by Crippen LogP contribution is 1.96. The lowest BCUT2D eigenvalue weighted by atomic mass is 10.4. The van der Waals surface area contributed by atoms with Crippen LogP contribution in [0.4, 0.5) is 0 Å². The first-order valence-electron chi connectivity index (χ1n) is 3.41. The molecule has 68 valence electrons. The zero-order valence-corrected chi connectivity index (χ0v) is 6.68. The molecule has 0 atom stereocenters. The average Bonchev–Trinajstić information content (AvgIpc) is 2.15. The highest BCUT2D eigenvalue weighted by atomic mass is 16.7. The summed E-state index contributed by atoms with van der Waals surface area (Å²) in [4.78, 5) is 19.1. The van der Waals surface area contributed by atoms with Crippen molar-refractivity contribution in [1.29, 1.82) is 0 Å². The van der Waals surface area contributed by atoms with Crippen LogP contribution in [0.1, 0.15) is 10.5 Å². The second-order valence-corrected chi connectivity index (χ2v) is 2.11. The van der Waals surface area contributed by atoms with Gasteiger partial charge < -0.3 is 16.3 Å². The van der Waals surface area contributed by atoms with Crippen molar-refractivity contribution in [2.75, 3.05) is 0 Å². The molecule has 0 radical (unpaired) electrons. The Hall–Kier alpha value is -2.11. The fourth-order valence-corrected chi connectivity index (χ4v) is 0.624. The topological polar surface area (TPSA) is 104 Å². The van der Waals surface area contributed by atoms with Gasteiger partial charge in [0.2, 0.25) is 5.96 Å². The predicted molar refractivity (Wildman–Crippen MR) is 45.5 cm³/mol. The van der Waals surface area contributed by atoms with Crippen LogP contribution >= 0.6 is 0 Å². The molecule has 0 aliphatic heterocycles. The monoisotopic (exact) mass is 180 g/mol. The van der Waals surface area contributed by atoms with Crippen LogP contribution in [0, 0.1) is 0 Å². The van der Waals surface area contributed by atoms with E-state index in [1.54, 1.807) is 12.1 Å². The minimum atomic E-state index is -0.700. The van der Waals surface area contributed by atoms with E-state index in [0.717, 1.165) is 0 Å². The van der Waals surface area contributed by atoms with Gasteiger partial charge in [0, 0.05) is 6.20 Å². The number of guanidine groups is 1. The Kier molecular flexibility index (Phi) is 2.80. The summed E-state index contributed by atoms with van der Waals surface area (Å²) in [5, 5.41) is 3.08. The van der Waals surface area contributed by atoms with Gasteiger partial charge >= 0.3 is 5.97 Å². The van der Waals surface area contributed by atoms with Crippen molar-refractivity contribution in [3.05, 3.63) is 30.1 Å². The first-order valence-corrected chi connectivity index (χ1v) is 3.41. The SMILES string of the molecule is NC(N)=NOC(=O)c1ccccn1. The summed E-state index contributed by atoms with van der Waals surface area (Å²) in [5.74, 6) is -1.02. The lowest BCUT2D eigenvalue weighted by Gasteiger charge is -1.95. The molecule has 0 amide bonds. The molecule has 1 rings (SSSR count). The molecule has 0 aliphatic carbocycles. The summed E-state index contributed by atoms with van der Waals surface area (Å²) in [6, 6.07) is 4.82. The summed E-state index contributed by atoms with van der Waals surface area (Å²) < 4.78 is 0. The molecule has 13 heavy (non-hydrogen) atoms. The Bertz CT molecular complexity index is 319. The van der Waals surface area contributed by atoms with Crippen LogP contribution < -0.4 is 11.5 Å². The largest absolute Gasteiger partial charge is 0.384 e. The first kappa shape index (κ1) is 8.98. The molecule has 0 aromatic carbocycles. The second-order valence-electron chi connectivity index (χ2n) is 2.11. The fraction of sp³-hybridized carbons (Fsp3) is 0. The number of carbonyl (C=O) groups excluding carboxylic acids is 1. The van der Waals surface area contributed by atoms with Gasteiger partial charge in [0.05, 0.1) is 0 Å². The van der Waals surface area contributed by atoms with Crippen molar-refractivity contribution in [2.45, 2.75) is 0 Å². The van der Waals surface area contributed by atoms with Crippen molar-refractivity contribution < 1.29 is 9.63 Å². The molecule has 0 aliphatic rings. The molecule has 4 N–H and O–H groups in total. The van der Waals surface area contributed by atoms with E-state index in [1.165, 1.54) is 12.3 Å². The number of pyridine rings is 1. The van der Waals surface area contributed by atoms with Crippen LogP contribution in [0.5, 0.6) is 0 Å². The average molecular weight is 180 g/mol. The molecule has 0 fully saturated rings.